The number of halogens is 1. The van der Waals surface area contributed by atoms with E-state index in [2.05, 4.69) is 24.1 Å². The predicted molar refractivity (Wildman–Crippen MR) is 105 cm³/mol. The van der Waals surface area contributed by atoms with Gasteiger partial charge in [0.05, 0.1) is 10.5 Å². The van der Waals surface area contributed by atoms with Crippen LogP contribution in [-0.2, 0) is 10.0 Å². The summed E-state index contributed by atoms with van der Waals surface area (Å²) in [5, 5.41) is 2.81. The van der Waals surface area contributed by atoms with E-state index in [1.165, 1.54) is 18.3 Å². The summed E-state index contributed by atoms with van der Waals surface area (Å²) in [6.07, 6.45) is 2.54. The van der Waals surface area contributed by atoms with Gasteiger partial charge < -0.3 is 5.32 Å². The van der Waals surface area contributed by atoms with Gasteiger partial charge in [-0.25, -0.2) is 13.4 Å². The second-order valence-electron chi connectivity index (χ2n) is 7.09. The van der Waals surface area contributed by atoms with Crippen molar-refractivity contribution < 1.29 is 13.2 Å². The van der Waals surface area contributed by atoms with Crippen LogP contribution in [0.4, 0.5) is 5.69 Å². The van der Waals surface area contributed by atoms with Crippen molar-refractivity contribution in [1.29, 1.82) is 0 Å². The monoisotopic (exact) mass is 407 g/mol. The molecular weight excluding hydrogens is 386 g/mol. The largest absolute Gasteiger partial charge is 0.322 e. The molecule has 2 unspecified atom stereocenters. The van der Waals surface area contributed by atoms with Crippen molar-refractivity contribution in [3.05, 3.63) is 53.3 Å². The van der Waals surface area contributed by atoms with Crippen LogP contribution in [0.2, 0.25) is 5.15 Å². The number of aromatic nitrogens is 1. The fraction of sp³-hybridized carbons (Fsp3) is 0.368. The Hall–Kier alpha value is -1.96. The standard InChI is InChI=1S/C19H22ClN3O3S/c1-13-10-14(2)12-23(11-13)27(25,26)16-7-5-15(6-8-16)22-19(24)17-4-3-9-21-18(17)20/h3-9,13-14H,10-12H2,1-2H3,(H,22,24). The predicted octanol–water partition coefficient (Wildman–Crippen LogP) is 3.65. The summed E-state index contributed by atoms with van der Waals surface area (Å²) in [7, 11) is -3.54. The summed E-state index contributed by atoms with van der Waals surface area (Å²) in [6, 6.07) is 9.37. The van der Waals surface area contributed by atoms with E-state index in [-0.39, 0.29) is 15.6 Å². The molecule has 2 atom stereocenters. The van der Waals surface area contributed by atoms with E-state index in [4.69, 9.17) is 11.6 Å². The first-order valence-corrected chi connectivity index (χ1v) is 10.6. The molecular formula is C19H22ClN3O3S. The minimum atomic E-state index is -3.54. The molecule has 1 N–H and O–H groups in total. The summed E-state index contributed by atoms with van der Waals surface area (Å²) >= 11 is 5.92. The Morgan fingerprint density at radius 2 is 1.78 bits per heavy atom. The summed E-state index contributed by atoms with van der Waals surface area (Å²) < 4.78 is 27.3. The second-order valence-corrected chi connectivity index (χ2v) is 9.38. The Morgan fingerprint density at radius 3 is 2.37 bits per heavy atom. The minimum Gasteiger partial charge on any atom is -0.322 e. The Balaban J connectivity index is 1.75. The van der Waals surface area contributed by atoms with Crippen molar-refractivity contribution in [2.24, 2.45) is 11.8 Å². The molecule has 27 heavy (non-hydrogen) atoms. The number of benzene rings is 1. The maximum Gasteiger partial charge on any atom is 0.258 e. The molecule has 1 aliphatic rings. The van der Waals surface area contributed by atoms with Crippen LogP contribution in [0.15, 0.2) is 47.5 Å². The molecule has 1 fully saturated rings. The van der Waals surface area contributed by atoms with Crippen LogP contribution in [0, 0.1) is 11.8 Å². The fourth-order valence-electron chi connectivity index (χ4n) is 3.42. The van der Waals surface area contributed by atoms with Gasteiger partial charge in [-0.05, 0) is 54.7 Å². The molecule has 8 heteroatoms. The van der Waals surface area contributed by atoms with Gasteiger partial charge in [0.1, 0.15) is 5.15 Å². The normalized spacial score (nSPS) is 21.0. The van der Waals surface area contributed by atoms with E-state index < -0.39 is 15.9 Å². The number of nitrogens with one attached hydrogen (secondary N) is 1. The van der Waals surface area contributed by atoms with Gasteiger partial charge in [0.25, 0.3) is 5.91 Å². The first-order valence-electron chi connectivity index (χ1n) is 8.79. The fourth-order valence-corrected chi connectivity index (χ4v) is 5.30. The molecule has 0 spiro atoms. The van der Waals surface area contributed by atoms with Gasteiger partial charge >= 0.3 is 0 Å². The maximum atomic E-state index is 12.9. The summed E-state index contributed by atoms with van der Waals surface area (Å²) in [4.78, 5) is 16.4. The van der Waals surface area contributed by atoms with Crippen molar-refractivity contribution in [3.63, 3.8) is 0 Å². The highest BCUT2D eigenvalue weighted by Gasteiger charge is 2.31. The topological polar surface area (TPSA) is 79.4 Å². The molecule has 3 rings (SSSR count). The summed E-state index contributed by atoms with van der Waals surface area (Å²) in [6.45, 7) is 5.20. The number of amides is 1. The first-order chi connectivity index (χ1) is 12.8. The lowest BCUT2D eigenvalue weighted by molar-refractivity contribution is 0.102. The third kappa shape index (κ3) is 4.48. The van der Waals surface area contributed by atoms with Crippen molar-refractivity contribution in [2.75, 3.05) is 18.4 Å². The Kier molecular flexibility index (Phi) is 5.83. The molecule has 144 valence electrons. The smallest absolute Gasteiger partial charge is 0.258 e. The molecule has 1 aromatic carbocycles. The van der Waals surface area contributed by atoms with Crippen LogP contribution in [-0.4, -0.2) is 36.7 Å². The number of carbonyl (C=O) groups excluding carboxylic acids is 1. The quantitative estimate of drug-likeness (QED) is 0.784. The lowest BCUT2D eigenvalue weighted by atomic mass is 9.94. The van der Waals surface area contributed by atoms with Crippen LogP contribution in [0.5, 0.6) is 0 Å². The lowest BCUT2D eigenvalue weighted by Gasteiger charge is -2.34. The van der Waals surface area contributed by atoms with Crippen LogP contribution >= 0.6 is 11.6 Å². The molecule has 2 heterocycles. The number of hydrogen-bond acceptors (Lipinski definition) is 4. The minimum absolute atomic E-state index is 0.113. The molecule has 1 saturated heterocycles. The number of nitrogens with zero attached hydrogens (tertiary/aromatic N) is 2. The van der Waals surface area contributed by atoms with Gasteiger partial charge in [-0.3, -0.25) is 4.79 Å². The highest BCUT2D eigenvalue weighted by Crippen LogP contribution is 2.27. The number of sulfonamides is 1. The number of pyridine rings is 1. The molecule has 0 radical (unpaired) electrons. The third-order valence-electron chi connectivity index (χ3n) is 4.59. The van der Waals surface area contributed by atoms with Gasteiger partial charge in [0, 0.05) is 25.0 Å². The Bertz CT molecular complexity index is 921. The van der Waals surface area contributed by atoms with E-state index in [0.29, 0.717) is 30.6 Å². The number of anilines is 1. The van der Waals surface area contributed by atoms with Gasteiger partial charge in [0.15, 0.2) is 0 Å². The zero-order valence-corrected chi connectivity index (χ0v) is 16.8. The highest BCUT2D eigenvalue weighted by atomic mass is 35.5. The maximum absolute atomic E-state index is 12.9. The number of piperidine rings is 1. The molecule has 0 saturated carbocycles. The van der Waals surface area contributed by atoms with Crippen molar-refractivity contribution in [1.82, 2.24) is 9.29 Å². The molecule has 0 aliphatic carbocycles. The van der Waals surface area contributed by atoms with Crippen molar-refractivity contribution in [2.45, 2.75) is 25.2 Å². The van der Waals surface area contributed by atoms with Gasteiger partial charge in [0.2, 0.25) is 10.0 Å². The number of carbonyl (C=O) groups is 1. The molecule has 1 aliphatic heterocycles. The Labute approximate surface area is 164 Å². The highest BCUT2D eigenvalue weighted by molar-refractivity contribution is 7.89. The van der Waals surface area contributed by atoms with E-state index in [1.807, 2.05) is 0 Å². The van der Waals surface area contributed by atoms with E-state index in [1.54, 1.807) is 28.6 Å². The van der Waals surface area contributed by atoms with E-state index in [9.17, 15) is 13.2 Å². The lowest BCUT2D eigenvalue weighted by Crippen LogP contribution is -2.42. The number of hydrogen-bond donors (Lipinski definition) is 1. The van der Waals surface area contributed by atoms with Gasteiger partial charge in [-0.15, -0.1) is 0 Å². The first kappa shape index (κ1) is 19.8. The average Bonchev–Trinajstić information content (AvgIpc) is 2.61. The zero-order chi connectivity index (χ0) is 19.6. The third-order valence-corrected chi connectivity index (χ3v) is 6.74. The van der Waals surface area contributed by atoms with Crippen molar-refractivity contribution >= 4 is 33.2 Å². The van der Waals surface area contributed by atoms with Gasteiger partial charge in [-0.2, -0.15) is 4.31 Å². The van der Waals surface area contributed by atoms with Crippen LogP contribution in [0.3, 0.4) is 0 Å². The van der Waals surface area contributed by atoms with Gasteiger partial charge in [-0.1, -0.05) is 25.4 Å². The SMILES string of the molecule is CC1CC(C)CN(S(=O)(=O)c2ccc(NC(=O)c3cccnc3Cl)cc2)C1. The van der Waals surface area contributed by atoms with Crippen LogP contribution in [0.25, 0.3) is 0 Å². The molecule has 2 aromatic rings. The zero-order valence-electron chi connectivity index (χ0n) is 15.2. The molecule has 1 amide bonds. The second kappa shape index (κ2) is 7.96. The average molecular weight is 408 g/mol. The van der Waals surface area contributed by atoms with Crippen LogP contribution < -0.4 is 5.32 Å². The number of rotatable bonds is 4. The van der Waals surface area contributed by atoms with Crippen molar-refractivity contribution in [3.8, 4) is 0 Å². The Morgan fingerprint density at radius 1 is 1.15 bits per heavy atom. The molecule has 6 nitrogen and oxygen atoms in total. The molecule has 1 aromatic heterocycles. The van der Waals surface area contributed by atoms with E-state index >= 15 is 0 Å². The molecule has 0 bridgehead atoms. The summed E-state index contributed by atoms with van der Waals surface area (Å²) in [5.41, 5.74) is 0.742. The van der Waals surface area contributed by atoms with Crippen LogP contribution in [0.1, 0.15) is 30.6 Å². The summed E-state index contributed by atoms with van der Waals surface area (Å²) in [5.74, 6) is 0.278. The van der Waals surface area contributed by atoms with E-state index in [0.717, 1.165) is 6.42 Å².